The van der Waals surface area contributed by atoms with Crippen LogP contribution in [0.25, 0.3) is 0 Å². The van der Waals surface area contributed by atoms with E-state index < -0.39 is 0 Å². The monoisotopic (exact) mass is 274 g/mol. The van der Waals surface area contributed by atoms with Crippen molar-refractivity contribution in [2.45, 2.75) is 69.4 Å². The SMILES string of the molecule is COC1(OC)CCCC1.COC1(OC)CCCCC1. The maximum atomic E-state index is 5.31. The summed E-state index contributed by atoms with van der Waals surface area (Å²) in [6, 6.07) is 0. The van der Waals surface area contributed by atoms with Gasteiger partial charge in [0.15, 0.2) is 11.6 Å². The Hall–Kier alpha value is -0.160. The van der Waals surface area contributed by atoms with Crippen LogP contribution in [-0.2, 0) is 18.9 Å². The summed E-state index contributed by atoms with van der Waals surface area (Å²) in [5.74, 6) is -0.460. The van der Waals surface area contributed by atoms with E-state index in [4.69, 9.17) is 18.9 Å². The van der Waals surface area contributed by atoms with E-state index >= 15 is 0 Å². The zero-order valence-corrected chi connectivity index (χ0v) is 13.0. The average molecular weight is 274 g/mol. The van der Waals surface area contributed by atoms with Gasteiger partial charge in [-0.05, 0) is 25.7 Å². The van der Waals surface area contributed by atoms with Crippen LogP contribution < -0.4 is 0 Å². The Morgan fingerprint density at radius 3 is 0.947 bits per heavy atom. The van der Waals surface area contributed by atoms with Crippen molar-refractivity contribution in [3.05, 3.63) is 0 Å². The van der Waals surface area contributed by atoms with Gasteiger partial charge in [0.25, 0.3) is 0 Å². The molecule has 0 unspecified atom stereocenters. The first kappa shape index (κ1) is 16.9. The Morgan fingerprint density at radius 1 is 0.474 bits per heavy atom. The van der Waals surface area contributed by atoms with Crippen molar-refractivity contribution < 1.29 is 18.9 Å². The molecule has 0 spiro atoms. The molecule has 2 saturated carbocycles. The molecule has 0 aromatic rings. The lowest BCUT2D eigenvalue weighted by Crippen LogP contribution is -2.35. The molecule has 4 heteroatoms. The van der Waals surface area contributed by atoms with Gasteiger partial charge >= 0.3 is 0 Å². The lowest BCUT2D eigenvalue weighted by molar-refractivity contribution is -0.222. The molecule has 0 aliphatic heterocycles. The van der Waals surface area contributed by atoms with Crippen molar-refractivity contribution >= 4 is 0 Å². The van der Waals surface area contributed by atoms with Crippen molar-refractivity contribution in [3.8, 4) is 0 Å². The fourth-order valence-electron chi connectivity index (χ4n) is 2.99. The molecule has 0 heterocycles. The molecule has 2 aliphatic rings. The molecule has 4 nitrogen and oxygen atoms in total. The fraction of sp³-hybridized carbons (Fsp3) is 1.00. The molecule has 0 bridgehead atoms. The second-order valence-corrected chi connectivity index (χ2v) is 5.41. The van der Waals surface area contributed by atoms with E-state index in [-0.39, 0.29) is 11.6 Å². The van der Waals surface area contributed by atoms with Crippen molar-refractivity contribution in [1.29, 1.82) is 0 Å². The smallest absolute Gasteiger partial charge is 0.167 e. The van der Waals surface area contributed by atoms with E-state index in [0.717, 1.165) is 25.7 Å². The van der Waals surface area contributed by atoms with E-state index in [9.17, 15) is 0 Å². The molecule has 0 N–H and O–H groups in total. The summed E-state index contributed by atoms with van der Waals surface area (Å²) in [6.07, 6.45) is 10.5. The summed E-state index contributed by atoms with van der Waals surface area (Å²) >= 11 is 0. The second kappa shape index (κ2) is 8.20. The number of hydrogen-bond donors (Lipinski definition) is 0. The van der Waals surface area contributed by atoms with Gasteiger partial charge in [0, 0.05) is 54.1 Å². The topological polar surface area (TPSA) is 36.9 Å². The van der Waals surface area contributed by atoms with Crippen LogP contribution in [0, 0.1) is 0 Å². The first-order valence-electron chi connectivity index (χ1n) is 7.36. The van der Waals surface area contributed by atoms with Crippen LogP contribution in [0.3, 0.4) is 0 Å². The third-order valence-electron chi connectivity index (χ3n) is 4.47. The highest BCUT2D eigenvalue weighted by molar-refractivity contribution is 4.76. The molecule has 19 heavy (non-hydrogen) atoms. The third kappa shape index (κ3) is 4.71. The zero-order chi connectivity index (χ0) is 14.2. The van der Waals surface area contributed by atoms with Gasteiger partial charge in [0.05, 0.1) is 0 Å². The van der Waals surface area contributed by atoms with Crippen LogP contribution in [0.2, 0.25) is 0 Å². The highest BCUT2D eigenvalue weighted by atomic mass is 16.7. The molecule has 0 atom stereocenters. The standard InChI is InChI=1S/C8H16O2.C7H14O2/c1-9-8(10-2)6-4-3-5-7-8;1-8-7(9-2)5-3-4-6-7/h3-7H2,1-2H3;3-6H2,1-2H3. The molecule has 2 aliphatic carbocycles. The first-order chi connectivity index (χ1) is 9.16. The van der Waals surface area contributed by atoms with E-state index in [1.165, 1.54) is 32.1 Å². The maximum absolute atomic E-state index is 5.31. The minimum atomic E-state index is -0.238. The molecule has 114 valence electrons. The van der Waals surface area contributed by atoms with Gasteiger partial charge in [-0.3, -0.25) is 0 Å². The van der Waals surface area contributed by atoms with Crippen molar-refractivity contribution in [2.75, 3.05) is 28.4 Å². The lowest BCUT2D eigenvalue weighted by Gasteiger charge is -2.34. The minimum Gasteiger partial charge on any atom is -0.353 e. The number of methoxy groups -OCH3 is 4. The number of rotatable bonds is 4. The van der Waals surface area contributed by atoms with E-state index in [1.807, 2.05) is 0 Å². The molecule has 2 rings (SSSR count). The zero-order valence-electron chi connectivity index (χ0n) is 13.0. The molecular weight excluding hydrogens is 244 g/mol. The van der Waals surface area contributed by atoms with Crippen molar-refractivity contribution in [2.24, 2.45) is 0 Å². The van der Waals surface area contributed by atoms with Gasteiger partial charge < -0.3 is 18.9 Å². The molecule has 0 amide bonds. The van der Waals surface area contributed by atoms with Crippen LogP contribution in [0.5, 0.6) is 0 Å². The molecule has 0 aromatic heterocycles. The van der Waals surface area contributed by atoms with Gasteiger partial charge in [0.1, 0.15) is 0 Å². The highest BCUT2D eigenvalue weighted by Crippen LogP contribution is 2.32. The van der Waals surface area contributed by atoms with Crippen LogP contribution in [-0.4, -0.2) is 40.0 Å². The Balaban J connectivity index is 0.000000191. The van der Waals surface area contributed by atoms with Crippen molar-refractivity contribution in [3.63, 3.8) is 0 Å². The summed E-state index contributed by atoms with van der Waals surface area (Å²) in [6.45, 7) is 0. The molecular formula is C15H30O4. The number of hydrogen-bond acceptors (Lipinski definition) is 4. The summed E-state index contributed by atoms with van der Waals surface area (Å²) < 4.78 is 21.1. The average Bonchev–Trinajstić information content (AvgIpc) is 2.98. The lowest BCUT2D eigenvalue weighted by atomic mass is 9.94. The summed E-state index contributed by atoms with van der Waals surface area (Å²) in [5, 5.41) is 0. The van der Waals surface area contributed by atoms with Crippen LogP contribution in [0.4, 0.5) is 0 Å². The van der Waals surface area contributed by atoms with Gasteiger partial charge in [-0.1, -0.05) is 6.42 Å². The predicted octanol–water partition coefficient (Wildman–Crippen LogP) is 3.49. The summed E-state index contributed by atoms with van der Waals surface area (Å²) in [4.78, 5) is 0. The van der Waals surface area contributed by atoms with Crippen molar-refractivity contribution in [1.82, 2.24) is 0 Å². The Kier molecular flexibility index (Phi) is 7.29. The quantitative estimate of drug-likeness (QED) is 0.735. The minimum absolute atomic E-state index is 0.222. The Labute approximate surface area is 117 Å². The second-order valence-electron chi connectivity index (χ2n) is 5.41. The third-order valence-corrected chi connectivity index (χ3v) is 4.47. The highest BCUT2D eigenvalue weighted by Gasteiger charge is 2.33. The molecule has 0 saturated heterocycles. The predicted molar refractivity (Wildman–Crippen MR) is 75.1 cm³/mol. The summed E-state index contributed by atoms with van der Waals surface area (Å²) in [5.41, 5.74) is 0. The van der Waals surface area contributed by atoms with Gasteiger partial charge in [-0.2, -0.15) is 0 Å². The van der Waals surface area contributed by atoms with Crippen LogP contribution in [0.15, 0.2) is 0 Å². The number of ether oxygens (including phenoxy) is 4. The molecule has 0 radical (unpaired) electrons. The maximum Gasteiger partial charge on any atom is 0.167 e. The Morgan fingerprint density at radius 2 is 0.737 bits per heavy atom. The van der Waals surface area contributed by atoms with Gasteiger partial charge in [0.2, 0.25) is 0 Å². The van der Waals surface area contributed by atoms with Crippen LogP contribution in [0.1, 0.15) is 57.8 Å². The van der Waals surface area contributed by atoms with E-state index in [1.54, 1.807) is 28.4 Å². The van der Waals surface area contributed by atoms with Crippen LogP contribution >= 0.6 is 0 Å². The fourth-order valence-corrected chi connectivity index (χ4v) is 2.99. The normalized spacial score (nSPS) is 24.6. The van der Waals surface area contributed by atoms with E-state index in [2.05, 4.69) is 0 Å². The van der Waals surface area contributed by atoms with E-state index in [0.29, 0.717) is 0 Å². The molecule has 0 aromatic carbocycles. The van der Waals surface area contributed by atoms with Gasteiger partial charge in [-0.15, -0.1) is 0 Å². The van der Waals surface area contributed by atoms with Gasteiger partial charge in [-0.25, -0.2) is 0 Å². The Bertz CT molecular complexity index is 218. The molecule has 2 fully saturated rings. The summed E-state index contributed by atoms with van der Waals surface area (Å²) in [7, 11) is 6.90. The first-order valence-corrected chi connectivity index (χ1v) is 7.36. The largest absolute Gasteiger partial charge is 0.353 e.